The van der Waals surface area contributed by atoms with Crippen LogP contribution in [0.4, 0.5) is 0 Å². The van der Waals surface area contributed by atoms with Crippen molar-refractivity contribution in [3.05, 3.63) is 35.4 Å². The molecule has 172 valence electrons. The van der Waals surface area contributed by atoms with Crippen LogP contribution >= 0.6 is 0 Å². The van der Waals surface area contributed by atoms with E-state index in [9.17, 15) is 9.59 Å². The maximum absolute atomic E-state index is 12.8. The van der Waals surface area contributed by atoms with E-state index in [0.29, 0.717) is 6.42 Å². The molecule has 0 bridgehead atoms. The first-order chi connectivity index (χ1) is 14.6. The molecule has 3 rings (SSSR count). The predicted molar refractivity (Wildman–Crippen MR) is 126 cm³/mol. The van der Waals surface area contributed by atoms with Crippen LogP contribution in [0.2, 0.25) is 0 Å². The van der Waals surface area contributed by atoms with Gasteiger partial charge in [-0.25, -0.2) is 0 Å². The molecule has 1 amide bonds. The molecule has 1 aromatic carbocycles. The van der Waals surface area contributed by atoms with Crippen LogP contribution in [0.5, 0.6) is 0 Å². The third kappa shape index (κ3) is 5.56. The van der Waals surface area contributed by atoms with E-state index < -0.39 is 0 Å². The summed E-state index contributed by atoms with van der Waals surface area (Å²) in [5, 5.41) is 3.31. The van der Waals surface area contributed by atoms with Crippen LogP contribution in [0.15, 0.2) is 24.3 Å². The van der Waals surface area contributed by atoms with Gasteiger partial charge in [0, 0.05) is 30.0 Å². The molecular weight excluding hydrogens is 386 g/mol. The Morgan fingerprint density at radius 3 is 2.35 bits per heavy atom. The van der Waals surface area contributed by atoms with E-state index in [2.05, 4.69) is 60.4 Å². The fourth-order valence-corrected chi connectivity index (χ4v) is 5.94. The van der Waals surface area contributed by atoms with E-state index in [1.54, 1.807) is 6.92 Å². The summed E-state index contributed by atoms with van der Waals surface area (Å²) < 4.78 is 0. The zero-order valence-corrected chi connectivity index (χ0v) is 20.3. The van der Waals surface area contributed by atoms with Crippen molar-refractivity contribution in [2.45, 2.75) is 76.4 Å². The van der Waals surface area contributed by atoms with Crippen molar-refractivity contribution in [3.8, 4) is 0 Å². The Kier molecular flexibility index (Phi) is 7.59. The fraction of sp³-hybridized carbons (Fsp3) is 0.692. The molecule has 5 nitrogen and oxygen atoms in total. The summed E-state index contributed by atoms with van der Waals surface area (Å²) in [5.74, 6) is 0.774. The Morgan fingerprint density at radius 2 is 1.81 bits per heavy atom. The molecule has 2 aliphatic rings. The quantitative estimate of drug-likeness (QED) is 0.691. The molecule has 0 aromatic heterocycles. The minimum atomic E-state index is 0.0878. The molecule has 5 heteroatoms. The second-order valence-electron chi connectivity index (χ2n) is 10.5. The van der Waals surface area contributed by atoms with Gasteiger partial charge in [-0.05, 0) is 92.0 Å². The van der Waals surface area contributed by atoms with Gasteiger partial charge in [0.25, 0.3) is 0 Å². The van der Waals surface area contributed by atoms with Crippen molar-refractivity contribution >= 4 is 11.7 Å². The van der Waals surface area contributed by atoms with Crippen molar-refractivity contribution in [1.29, 1.82) is 0 Å². The number of hydrogen-bond acceptors (Lipinski definition) is 4. The third-order valence-electron chi connectivity index (χ3n) is 7.86. The molecule has 31 heavy (non-hydrogen) atoms. The van der Waals surface area contributed by atoms with Crippen LogP contribution < -0.4 is 5.32 Å². The lowest BCUT2D eigenvalue weighted by Crippen LogP contribution is -2.55. The highest BCUT2D eigenvalue weighted by molar-refractivity contribution is 5.81. The molecular formula is C26H41N3O2. The first-order valence-corrected chi connectivity index (χ1v) is 11.8. The van der Waals surface area contributed by atoms with Gasteiger partial charge >= 0.3 is 0 Å². The summed E-state index contributed by atoms with van der Waals surface area (Å²) in [6.45, 7) is 3.83. The zero-order chi connectivity index (χ0) is 22.8. The number of carbonyl (C=O) groups excluding carboxylic acids is 2. The van der Waals surface area contributed by atoms with E-state index in [4.69, 9.17) is 0 Å². The first kappa shape index (κ1) is 23.9. The number of likely N-dealkylation sites (N-methyl/N-ethyl adjacent to an activating group) is 1. The highest BCUT2D eigenvalue weighted by atomic mass is 16.1. The smallest absolute Gasteiger partial charge is 0.220 e. The minimum Gasteiger partial charge on any atom is -0.353 e. The summed E-state index contributed by atoms with van der Waals surface area (Å²) in [4.78, 5) is 29.1. The maximum atomic E-state index is 12.8. The van der Waals surface area contributed by atoms with Gasteiger partial charge in [0.2, 0.25) is 5.91 Å². The molecule has 0 radical (unpaired) electrons. The molecule has 3 atom stereocenters. The second-order valence-corrected chi connectivity index (χ2v) is 10.5. The lowest BCUT2D eigenvalue weighted by Gasteiger charge is -2.47. The topological polar surface area (TPSA) is 52.7 Å². The number of nitrogens with one attached hydrogen (secondary N) is 1. The van der Waals surface area contributed by atoms with Gasteiger partial charge < -0.3 is 15.1 Å². The minimum absolute atomic E-state index is 0.0878. The van der Waals surface area contributed by atoms with Crippen LogP contribution in [0, 0.1) is 18.8 Å². The Balaban J connectivity index is 1.52. The van der Waals surface area contributed by atoms with Crippen molar-refractivity contribution in [2.75, 3.05) is 28.2 Å². The molecule has 1 aromatic rings. The third-order valence-corrected chi connectivity index (χ3v) is 7.86. The maximum Gasteiger partial charge on any atom is 0.220 e. The number of nitrogens with zero attached hydrogens (tertiary/aromatic N) is 2. The highest BCUT2D eigenvalue weighted by Crippen LogP contribution is 2.40. The number of Topliss-reactive ketones (excluding diaryl/α,β-unsaturated/α-hetero) is 1. The second kappa shape index (κ2) is 9.83. The van der Waals surface area contributed by atoms with Crippen LogP contribution in [0.3, 0.4) is 0 Å². The van der Waals surface area contributed by atoms with E-state index in [0.717, 1.165) is 38.5 Å². The fourth-order valence-electron chi connectivity index (χ4n) is 5.94. The van der Waals surface area contributed by atoms with Crippen LogP contribution in [0.25, 0.3) is 0 Å². The molecule has 0 aliphatic heterocycles. The SMILES string of the molecule is CC(=O)C1CC(CC(=O)NC2CCC(Cc3cccc(C)c3)(N(C)C)CC2)C1N(C)C. The van der Waals surface area contributed by atoms with E-state index in [-0.39, 0.29) is 41.1 Å². The lowest BCUT2D eigenvalue weighted by molar-refractivity contribution is -0.134. The molecule has 2 aliphatic carbocycles. The van der Waals surface area contributed by atoms with Crippen molar-refractivity contribution in [1.82, 2.24) is 15.1 Å². The van der Waals surface area contributed by atoms with Gasteiger partial charge in [-0.15, -0.1) is 0 Å². The van der Waals surface area contributed by atoms with Crippen LogP contribution in [-0.2, 0) is 16.0 Å². The summed E-state index contributed by atoms with van der Waals surface area (Å²) in [7, 11) is 8.41. The number of ketones is 1. The predicted octanol–water partition coefficient (Wildman–Crippen LogP) is 3.44. The molecule has 2 saturated carbocycles. The monoisotopic (exact) mass is 427 g/mol. The van der Waals surface area contributed by atoms with Crippen LogP contribution in [0.1, 0.15) is 56.6 Å². The van der Waals surface area contributed by atoms with E-state index in [1.165, 1.54) is 11.1 Å². The van der Waals surface area contributed by atoms with Crippen LogP contribution in [-0.4, -0.2) is 67.3 Å². The Hall–Kier alpha value is -1.72. The van der Waals surface area contributed by atoms with Crippen molar-refractivity contribution in [3.63, 3.8) is 0 Å². The Bertz CT molecular complexity index is 781. The standard InChI is InChI=1S/C26H41N3O2/c1-18-8-7-9-20(14-18)17-26(29(5)6)12-10-22(11-13-26)27-24(31)16-21-15-23(19(2)30)25(21)28(3)4/h7-9,14,21-23,25H,10-13,15-17H2,1-6H3,(H,27,31). The zero-order valence-electron chi connectivity index (χ0n) is 20.3. The Morgan fingerprint density at radius 1 is 1.13 bits per heavy atom. The van der Waals surface area contributed by atoms with Gasteiger partial charge in [-0.2, -0.15) is 0 Å². The molecule has 0 saturated heterocycles. The molecule has 3 unspecified atom stereocenters. The summed E-state index contributed by atoms with van der Waals surface area (Å²) in [6, 6.07) is 9.30. The number of hydrogen-bond donors (Lipinski definition) is 1. The summed E-state index contributed by atoms with van der Waals surface area (Å²) >= 11 is 0. The highest BCUT2D eigenvalue weighted by Gasteiger charge is 2.45. The number of benzene rings is 1. The molecule has 1 N–H and O–H groups in total. The summed E-state index contributed by atoms with van der Waals surface area (Å²) in [5.41, 5.74) is 2.87. The normalized spacial score (nSPS) is 30.8. The van der Waals surface area contributed by atoms with E-state index >= 15 is 0 Å². The lowest BCUT2D eigenvalue weighted by atomic mass is 9.66. The number of aryl methyl sites for hydroxylation is 1. The number of carbonyl (C=O) groups is 2. The van der Waals surface area contributed by atoms with Gasteiger partial charge in [0.15, 0.2) is 0 Å². The molecule has 2 fully saturated rings. The number of rotatable bonds is 8. The van der Waals surface area contributed by atoms with Gasteiger partial charge in [-0.1, -0.05) is 29.8 Å². The summed E-state index contributed by atoms with van der Waals surface area (Å²) in [6.07, 6.45) is 6.66. The average Bonchev–Trinajstić information content (AvgIpc) is 2.65. The van der Waals surface area contributed by atoms with Gasteiger partial charge in [0.1, 0.15) is 5.78 Å². The van der Waals surface area contributed by atoms with Crippen molar-refractivity contribution < 1.29 is 9.59 Å². The molecule has 0 spiro atoms. The van der Waals surface area contributed by atoms with Crippen molar-refractivity contribution in [2.24, 2.45) is 11.8 Å². The largest absolute Gasteiger partial charge is 0.353 e. The van der Waals surface area contributed by atoms with Gasteiger partial charge in [-0.3, -0.25) is 9.59 Å². The Labute approximate surface area is 188 Å². The first-order valence-electron chi connectivity index (χ1n) is 11.8. The average molecular weight is 428 g/mol. The van der Waals surface area contributed by atoms with E-state index in [1.807, 2.05) is 14.1 Å². The number of amides is 1. The molecule has 0 heterocycles. The van der Waals surface area contributed by atoms with Gasteiger partial charge in [0.05, 0.1) is 0 Å².